The summed E-state index contributed by atoms with van der Waals surface area (Å²) in [7, 11) is 1.89. The molecular weight excluding hydrogens is 210 g/mol. The topological polar surface area (TPSA) is 63.6 Å². The highest BCUT2D eigenvalue weighted by molar-refractivity contribution is 7.05. The molecule has 2 aromatic heterocycles. The summed E-state index contributed by atoms with van der Waals surface area (Å²) in [4.78, 5) is 9.41. The molecule has 5 nitrogen and oxygen atoms in total. The molecule has 2 aromatic rings. The zero-order chi connectivity index (χ0) is 10.7. The van der Waals surface area contributed by atoms with Crippen LogP contribution in [0.15, 0.2) is 18.6 Å². The first kappa shape index (κ1) is 10.1. The van der Waals surface area contributed by atoms with E-state index < -0.39 is 0 Å². The minimum Gasteiger partial charge on any atom is -0.307 e. The van der Waals surface area contributed by atoms with E-state index in [0.29, 0.717) is 0 Å². The lowest BCUT2D eigenvalue weighted by Gasteiger charge is -2.12. The molecule has 6 heteroatoms. The maximum absolute atomic E-state index is 4.27. The highest BCUT2D eigenvalue weighted by Gasteiger charge is 2.18. The lowest BCUT2D eigenvalue weighted by Crippen LogP contribution is -2.18. The van der Waals surface area contributed by atoms with Gasteiger partial charge in [-0.25, -0.2) is 0 Å². The van der Waals surface area contributed by atoms with Crippen molar-refractivity contribution in [2.45, 2.75) is 13.0 Å². The van der Waals surface area contributed by atoms with Crippen LogP contribution in [0.3, 0.4) is 0 Å². The number of aromatic nitrogens is 4. The number of nitrogens with zero attached hydrogens (tertiary/aromatic N) is 4. The Hall–Kier alpha value is -1.40. The van der Waals surface area contributed by atoms with Gasteiger partial charge >= 0.3 is 0 Å². The van der Waals surface area contributed by atoms with Gasteiger partial charge in [0.15, 0.2) is 0 Å². The molecule has 78 valence electrons. The number of rotatable bonds is 3. The molecule has 0 bridgehead atoms. The second-order valence-corrected chi connectivity index (χ2v) is 3.86. The Labute approximate surface area is 91.8 Å². The molecule has 1 N–H and O–H groups in total. The molecule has 0 saturated heterocycles. The van der Waals surface area contributed by atoms with Gasteiger partial charge in [-0.05, 0) is 25.5 Å². The predicted molar refractivity (Wildman–Crippen MR) is 57.6 cm³/mol. The summed E-state index contributed by atoms with van der Waals surface area (Å²) < 4.78 is 3.92. The van der Waals surface area contributed by atoms with Crippen LogP contribution in [-0.2, 0) is 0 Å². The zero-order valence-electron chi connectivity index (χ0n) is 8.51. The number of hydrogen-bond donors (Lipinski definition) is 1. The quantitative estimate of drug-likeness (QED) is 0.836. The first-order valence-corrected chi connectivity index (χ1v) is 5.32. The van der Waals surface area contributed by atoms with E-state index in [9.17, 15) is 0 Å². The van der Waals surface area contributed by atoms with Crippen LogP contribution >= 0.6 is 11.5 Å². The van der Waals surface area contributed by atoms with Gasteiger partial charge in [0.05, 0.1) is 28.5 Å². The Morgan fingerprint density at radius 3 is 2.80 bits per heavy atom. The standard InChI is InChI=1S/C9H11N5S/c1-6-9(15-14-13-6)8(10-2)7-5-11-3-4-12-7/h3-5,8,10H,1-2H3. The summed E-state index contributed by atoms with van der Waals surface area (Å²) in [5.74, 6) is 0. The second-order valence-electron chi connectivity index (χ2n) is 3.07. The highest BCUT2D eigenvalue weighted by atomic mass is 32.1. The Morgan fingerprint density at radius 1 is 1.40 bits per heavy atom. The Kier molecular flexibility index (Phi) is 2.98. The summed E-state index contributed by atoms with van der Waals surface area (Å²) in [5, 5.41) is 7.18. The van der Waals surface area contributed by atoms with Gasteiger partial charge in [-0.15, -0.1) is 5.10 Å². The summed E-state index contributed by atoms with van der Waals surface area (Å²) in [5.41, 5.74) is 1.82. The van der Waals surface area contributed by atoms with Crippen molar-refractivity contribution in [1.82, 2.24) is 24.9 Å². The molecule has 0 aliphatic heterocycles. The molecule has 0 saturated carbocycles. The molecule has 1 unspecified atom stereocenters. The first-order chi connectivity index (χ1) is 7.33. The lowest BCUT2D eigenvalue weighted by molar-refractivity contribution is 0.672. The van der Waals surface area contributed by atoms with Crippen molar-refractivity contribution >= 4 is 11.5 Å². The van der Waals surface area contributed by atoms with Crippen molar-refractivity contribution in [1.29, 1.82) is 0 Å². The van der Waals surface area contributed by atoms with E-state index in [-0.39, 0.29) is 6.04 Å². The van der Waals surface area contributed by atoms with E-state index in [4.69, 9.17) is 0 Å². The van der Waals surface area contributed by atoms with Crippen molar-refractivity contribution in [3.63, 3.8) is 0 Å². The summed E-state index contributed by atoms with van der Waals surface area (Å²) >= 11 is 1.39. The van der Waals surface area contributed by atoms with E-state index in [2.05, 4.69) is 24.9 Å². The third kappa shape index (κ3) is 2.00. The van der Waals surface area contributed by atoms with Crippen LogP contribution in [0.2, 0.25) is 0 Å². The number of hydrogen-bond acceptors (Lipinski definition) is 6. The minimum absolute atomic E-state index is 0.0266. The summed E-state index contributed by atoms with van der Waals surface area (Å²) in [6.07, 6.45) is 5.10. The van der Waals surface area contributed by atoms with Crippen molar-refractivity contribution in [2.75, 3.05) is 7.05 Å². The Bertz CT molecular complexity index is 427. The molecule has 0 fully saturated rings. The van der Waals surface area contributed by atoms with Crippen molar-refractivity contribution < 1.29 is 0 Å². The molecule has 1 atom stereocenters. The molecule has 0 radical (unpaired) electrons. The average Bonchev–Trinajstić information content (AvgIpc) is 2.68. The third-order valence-corrected chi connectivity index (χ3v) is 3.01. The maximum atomic E-state index is 4.27. The van der Waals surface area contributed by atoms with E-state index >= 15 is 0 Å². The van der Waals surface area contributed by atoms with Gasteiger partial charge in [0.2, 0.25) is 0 Å². The van der Waals surface area contributed by atoms with Crippen LogP contribution in [0.4, 0.5) is 0 Å². The number of aryl methyl sites for hydroxylation is 1. The molecule has 2 heterocycles. The molecule has 2 rings (SSSR count). The molecule has 0 aliphatic carbocycles. The predicted octanol–water partition coefficient (Wildman–Crippen LogP) is 0.945. The van der Waals surface area contributed by atoms with Crippen molar-refractivity contribution in [2.24, 2.45) is 0 Å². The lowest BCUT2D eigenvalue weighted by atomic mass is 10.1. The van der Waals surface area contributed by atoms with Gasteiger partial charge in [-0.1, -0.05) is 4.49 Å². The van der Waals surface area contributed by atoms with E-state index in [1.54, 1.807) is 18.6 Å². The first-order valence-electron chi connectivity index (χ1n) is 4.55. The van der Waals surface area contributed by atoms with Crippen LogP contribution in [0.5, 0.6) is 0 Å². The van der Waals surface area contributed by atoms with Gasteiger partial charge in [0.25, 0.3) is 0 Å². The Balaban J connectivity index is 2.37. The van der Waals surface area contributed by atoms with Gasteiger partial charge in [0.1, 0.15) is 0 Å². The molecule has 0 amide bonds. The van der Waals surface area contributed by atoms with Crippen molar-refractivity contribution in [3.05, 3.63) is 34.9 Å². The number of nitrogens with one attached hydrogen (secondary N) is 1. The maximum Gasteiger partial charge on any atom is 0.0893 e. The van der Waals surface area contributed by atoms with E-state index in [1.165, 1.54) is 11.5 Å². The minimum atomic E-state index is 0.0266. The second kappa shape index (κ2) is 4.41. The summed E-state index contributed by atoms with van der Waals surface area (Å²) in [6.45, 7) is 1.94. The van der Waals surface area contributed by atoms with Crippen molar-refractivity contribution in [3.8, 4) is 0 Å². The molecule has 0 aromatic carbocycles. The van der Waals surface area contributed by atoms with Gasteiger partial charge in [-0.2, -0.15) is 0 Å². The highest BCUT2D eigenvalue weighted by Crippen LogP contribution is 2.24. The largest absolute Gasteiger partial charge is 0.307 e. The summed E-state index contributed by atoms with van der Waals surface area (Å²) in [6, 6.07) is 0.0266. The van der Waals surface area contributed by atoms with E-state index in [1.807, 2.05) is 14.0 Å². The van der Waals surface area contributed by atoms with Crippen LogP contribution < -0.4 is 5.32 Å². The van der Waals surface area contributed by atoms with Crippen LogP contribution in [-0.4, -0.2) is 26.6 Å². The van der Waals surface area contributed by atoms with Crippen LogP contribution in [0.1, 0.15) is 22.3 Å². The smallest absolute Gasteiger partial charge is 0.0893 e. The average molecular weight is 221 g/mol. The normalized spacial score (nSPS) is 12.7. The van der Waals surface area contributed by atoms with Crippen LogP contribution in [0.25, 0.3) is 0 Å². The zero-order valence-corrected chi connectivity index (χ0v) is 9.32. The van der Waals surface area contributed by atoms with E-state index in [0.717, 1.165) is 16.3 Å². The van der Waals surface area contributed by atoms with Gasteiger partial charge < -0.3 is 5.32 Å². The van der Waals surface area contributed by atoms with Crippen LogP contribution in [0, 0.1) is 6.92 Å². The SMILES string of the molecule is CNC(c1cnccn1)c1snnc1C. The van der Waals surface area contributed by atoms with Gasteiger partial charge in [0, 0.05) is 12.4 Å². The third-order valence-electron chi connectivity index (χ3n) is 2.12. The fraction of sp³-hybridized carbons (Fsp3) is 0.333. The molecular formula is C9H11N5S. The van der Waals surface area contributed by atoms with Gasteiger partial charge in [-0.3, -0.25) is 9.97 Å². The molecule has 15 heavy (non-hydrogen) atoms. The molecule has 0 aliphatic rings. The molecule has 0 spiro atoms. The fourth-order valence-corrected chi connectivity index (χ4v) is 2.14. The Morgan fingerprint density at radius 2 is 2.27 bits per heavy atom. The monoisotopic (exact) mass is 221 g/mol. The fourth-order valence-electron chi connectivity index (χ4n) is 1.38.